The standard InChI is InChI=1S/C17H23N5S2/c1-5-11(3)14(18)15-19-20-16-22(15)21-17(24-16)23-9-13-8-10(2)6-7-12(13)4/h6-8,11,14H,5,9,18H2,1-4H3/t11-,14-/m0/s1. The molecule has 0 aliphatic carbocycles. The minimum atomic E-state index is -0.135. The minimum absolute atomic E-state index is 0.135. The summed E-state index contributed by atoms with van der Waals surface area (Å²) in [7, 11) is 0. The number of benzene rings is 1. The van der Waals surface area contributed by atoms with E-state index in [1.165, 1.54) is 16.7 Å². The molecule has 0 amide bonds. The Morgan fingerprint density at radius 1 is 1.29 bits per heavy atom. The smallest absolute Gasteiger partial charge is 0.235 e. The van der Waals surface area contributed by atoms with E-state index in [1.54, 1.807) is 23.1 Å². The molecule has 0 fully saturated rings. The van der Waals surface area contributed by atoms with Crippen LogP contribution in [-0.4, -0.2) is 19.8 Å². The first-order valence-corrected chi connectivity index (χ1v) is 9.96. The summed E-state index contributed by atoms with van der Waals surface area (Å²) in [6, 6.07) is 6.43. The molecular weight excluding hydrogens is 338 g/mol. The van der Waals surface area contributed by atoms with E-state index in [1.807, 2.05) is 4.52 Å². The molecule has 2 aromatic heterocycles. The number of hydrogen-bond donors (Lipinski definition) is 1. The molecule has 0 bridgehead atoms. The Morgan fingerprint density at radius 3 is 2.83 bits per heavy atom. The number of aromatic nitrogens is 4. The van der Waals surface area contributed by atoms with Crippen molar-refractivity contribution in [1.29, 1.82) is 0 Å². The largest absolute Gasteiger partial charge is 0.321 e. The van der Waals surface area contributed by atoms with Crippen LogP contribution >= 0.6 is 23.1 Å². The van der Waals surface area contributed by atoms with Gasteiger partial charge in [-0.1, -0.05) is 67.1 Å². The SMILES string of the molecule is CC[C@H](C)[C@H](N)c1nnc2sc(SCc3cc(C)ccc3C)nn12. The molecule has 3 rings (SSSR count). The summed E-state index contributed by atoms with van der Waals surface area (Å²) in [5, 5.41) is 13.1. The molecule has 24 heavy (non-hydrogen) atoms. The highest BCUT2D eigenvalue weighted by atomic mass is 32.2. The number of hydrogen-bond acceptors (Lipinski definition) is 6. The molecule has 7 heteroatoms. The maximum atomic E-state index is 6.30. The van der Waals surface area contributed by atoms with Crippen molar-refractivity contribution >= 4 is 28.1 Å². The van der Waals surface area contributed by atoms with E-state index < -0.39 is 0 Å². The lowest BCUT2D eigenvalue weighted by atomic mass is 10.00. The second-order valence-electron chi connectivity index (χ2n) is 6.25. The second kappa shape index (κ2) is 7.21. The lowest BCUT2D eigenvalue weighted by Crippen LogP contribution is -2.21. The predicted octanol–water partition coefficient (Wildman–Crippen LogP) is 4.14. The van der Waals surface area contributed by atoms with E-state index in [2.05, 4.69) is 61.2 Å². The third kappa shape index (κ3) is 3.48. The first-order valence-electron chi connectivity index (χ1n) is 8.16. The number of aryl methyl sites for hydroxylation is 2. The van der Waals surface area contributed by atoms with E-state index in [0.29, 0.717) is 5.92 Å². The Balaban J connectivity index is 1.79. The van der Waals surface area contributed by atoms with Crippen LogP contribution in [0.4, 0.5) is 0 Å². The fraction of sp³-hybridized carbons (Fsp3) is 0.471. The topological polar surface area (TPSA) is 69.1 Å². The molecule has 0 aliphatic rings. The van der Waals surface area contributed by atoms with Gasteiger partial charge in [0.1, 0.15) is 0 Å². The second-order valence-corrected chi connectivity index (χ2v) is 8.43. The van der Waals surface area contributed by atoms with Crippen LogP contribution in [0, 0.1) is 19.8 Å². The molecule has 0 saturated heterocycles. The Kier molecular flexibility index (Phi) is 5.22. The first kappa shape index (κ1) is 17.4. The highest BCUT2D eigenvalue weighted by molar-refractivity contribution is 8.00. The number of thioether (sulfide) groups is 1. The van der Waals surface area contributed by atoms with Gasteiger partial charge in [-0.15, -0.1) is 15.3 Å². The van der Waals surface area contributed by atoms with Gasteiger partial charge in [-0.3, -0.25) is 0 Å². The average molecular weight is 362 g/mol. The van der Waals surface area contributed by atoms with E-state index in [9.17, 15) is 0 Å². The maximum absolute atomic E-state index is 6.30. The van der Waals surface area contributed by atoms with Crippen molar-refractivity contribution in [2.45, 2.75) is 50.3 Å². The molecule has 0 spiro atoms. The molecule has 2 N–H and O–H groups in total. The summed E-state index contributed by atoms with van der Waals surface area (Å²) < 4.78 is 2.81. The van der Waals surface area contributed by atoms with Crippen LogP contribution in [0.5, 0.6) is 0 Å². The van der Waals surface area contributed by atoms with Crippen molar-refractivity contribution < 1.29 is 0 Å². The number of fused-ring (bicyclic) bond motifs is 1. The van der Waals surface area contributed by atoms with Crippen molar-refractivity contribution in [1.82, 2.24) is 19.8 Å². The molecule has 0 radical (unpaired) electrons. The lowest BCUT2D eigenvalue weighted by molar-refractivity contribution is 0.431. The molecule has 0 unspecified atom stereocenters. The molecular formula is C17H23N5S2. The third-order valence-corrected chi connectivity index (χ3v) is 6.49. The number of nitrogens with zero attached hydrogens (tertiary/aromatic N) is 4. The van der Waals surface area contributed by atoms with Gasteiger partial charge >= 0.3 is 0 Å². The molecule has 3 aromatic rings. The summed E-state index contributed by atoms with van der Waals surface area (Å²) >= 11 is 3.31. The zero-order valence-corrected chi connectivity index (χ0v) is 16.1. The third-order valence-electron chi connectivity index (χ3n) is 4.41. The Bertz CT molecular complexity index is 839. The van der Waals surface area contributed by atoms with Crippen molar-refractivity contribution in [3.63, 3.8) is 0 Å². The fourth-order valence-electron chi connectivity index (χ4n) is 2.48. The summed E-state index contributed by atoms with van der Waals surface area (Å²) in [5.41, 5.74) is 10.3. The van der Waals surface area contributed by atoms with E-state index >= 15 is 0 Å². The van der Waals surface area contributed by atoms with Crippen LogP contribution in [0.2, 0.25) is 0 Å². The molecule has 2 atom stereocenters. The zero-order valence-electron chi connectivity index (χ0n) is 14.5. The summed E-state index contributed by atoms with van der Waals surface area (Å²) in [4.78, 5) is 0.812. The molecule has 2 heterocycles. The molecule has 5 nitrogen and oxygen atoms in total. The summed E-state index contributed by atoms with van der Waals surface area (Å²) in [6.07, 6.45) is 1.01. The molecule has 0 aliphatic heterocycles. The van der Waals surface area contributed by atoms with E-state index in [-0.39, 0.29) is 6.04 Å². The van der Waals surface area contributed by atoms with Gasteiger partial charge in [-0.2, -0.15) is 4.52 Å². The molecule has 128 valence electrons. The van der Waals surface area contributed by atoms with Crippen molar-refractivity contribution in [2.75, 3.05) is 0 Å². The van der Waals surface area contributed by atoms with Crippen LogP contribution < -0.4 is 5.73 Å². The van der Waals surface area contributed by atoms with Crippen LogP contribution in [0.15, 0.2) is 22.5 Å². The molecule has 1 aromatic carbocycles. The first-order chi connectivity index (χ1) is 11.5. The monoisotopic (exact) mass is 361 g/mol. The predicted molar refractivity (Wildman–Crippen MR) is 101 cm³/mol. The van der Waals surface area contributed by atoms with Gasteiger partial charge in [0.05, 0.1) is 6.04 Å². The van der Waals surface area contributed by atoms with Crippen molar-refractivity contribution in [2.24, 2.45) is 11.7 Å². The Hall–Kier alpha value is -1.44. The van der Waals surface area contributed by atoms with E-state index in [0.717, 1.165) is 27.3 Å². The number of nitrogens with two attached hydrogens (primary N) is 1. The Morgan fingerprint density at radius 2 is 2.08 bits per heavy atom. The van der Waals surface area contributed by atoms with E-state index in [4.69, 9.17) is 5.73 Å². The van der Waals surface area contributed by atoms with Crippen molar-refractivity contribution in [3.8, 4) is 0 Å². The van der Waals surface area contributed by atoms with Crippen LogP contribution in [0.25, 0.3) is 4.96 Å². The Labute approximate surface area is 150 Å². The maximum Gasteiger partial charge on any atom is 0.235 e. The normalized spacial score (nSPS) is 14.2. The molecule has 0 saturated carbocycles. The highest BCUT2D eigenvalue weighted by Crippen LogP contribution is 2.30. The fourth-order valence-corrected chi connectivity index (χ4v) is 4.43. The van der Waals surface area contributed by atoms with Crippen LogP contribution in [0.3, 0.4) is 0 Å². The average Bonchev–Trinajstić information content (AvgIpc) is 3.14. The van der Waals surface area contributed by atoms with Gasteiger partial charge in [0.15, 0.2) is 10.2 Å². The van der Waals surface area contributed by atoms with Crippen molar-refractivity contribution in [3.05, 3.63) is 40.7 Å². The van der Waals surface area contributed by atoms with Gasteiger partial charge in [0.2, 0.25) is 4.96 Å². The van der Waals surface area contributed by atoms with Crippen LogP contribution in [-0.2, 0) is 5.75 Å². The zero-order chi connectivity index (χ0) is 17.3. The minimum Gasteiger partial charge on any atom is -0.321 e. The van der Waals surface area contributed by atoms with Crippen LogP contribution in [0.1, 0.15) is 48.8 Å². The van der Waals surface area contributed by atoms with Gasteiger partial charge in [-0.05, 0) is 30.9 Å². The van der Waals surface area contributed by atoms with Gasteiger partial charge < -0.3 is 5.73 Å². The van der Waals surface area contributed by atoms with Gasteiger partial charge in [0.25, 0.3) is 0 Å². The summed E-state index contributed by atoms with van der Waals surface area (Å²) in [5.74, 6) is 2.02. The highest BCUT2D eigenvalue weighted by Gasteiger charge is 2.21. The lowest BCUT2D eigenvalue weighted by Gasteiger charge is -2.15. The van der Waals surface area contributed by atoms with Gasteiger partial charge in [0, 0.05) is 5.75 Å². The summed E-state index contributed by atoms with van der Waals surface area (Å²) in [6.45, 7) is 8.54. The quantitative estimate of drug-likeness (QED) is 0.668. The number of rotatable bonds is 6. The van der Waals surface area contributed by atoms with Gasteiger partial charge in [-0.25, -0.2) is 0 Å².